The molecular weight excluding hydrogens is 464 g/mol. The van der Waals surface area contributed by atoms with Gasteiger partial charge in [0.25, 0.3) is 5.91 Å². The maximum absolute atomic E-state index is 13.7. The smallest absolute Gasteiger partial charge is 0.255 e. The number of ketones is 2. The molecule has 0 fully saturated rings. The molecule has 2 aromatic rings. The quantitative estimate of drug-likeness (QED) is 0.407. The zero-order valence-electron chi connectivity index (χ0n) is 19.6. The van der Waals surface area contributed by atoms with Gasteiger partial charge in [-0.1, -0.05) is 12.1 Å². The number of ether oxygens (including phenoxy) is 1. The number of phenols is 1. The Morgan fingerprint density at radius 3 is 2.50 bits per heavy atom. The van der Waals surface area contributed by atoms with Gasteiger partial charge in [0.2, 0.25) is 0 Å². The Kier molecular flexibility index (Phi) is 5.60. The number of fused-ring (bicyclic) bond motifs is 3. The summed E-state index contributed by atoms with van der Waals surface area (Å²) < 4.78 is 5.55. The predicted molar refractivity (Wildman–Crippen MR) is 129 cm³/mol. The molecule has 0 radical (unpaired) electrons. The first-order valence-electron chi connectivity index (χ1n) is 11.6. The van der Waals surface area contributed by atoms with Crippen molar-refractivity contribution in [3.63, 3.8) is 0 Å². The minimum absolute atomic E-state index is 0.0111. The molecule has 0 saturated carbocycles. The lowest BCUT2D eigenvalue weighted by Gasteiger charge is -2.41. The van der Waals surface area contributed by atoms with Gasteiger partial charge in [0.05, 0.1) is 18.6 Å². The molecule has 0 aromatic heterocycles. The average molecular weight is 491 g/mol. The van der Waals surface area contributed by atoms with Crippen LogP contribution in [0.5, 0.6) is 11.5 Å². The SMILES string of the molecule is COc1ccc(CN)cc1-c1ccc(O)c2c1CC1CC3CC(O)=C(C(N)=O)C(=O)C3C(O)=C1C2=O. The third-order valence-corrected chi connectivity index (χ3v) is 7.56. The first kappa shape index (κ1) is 23.6. The van der Waals surface area contributed by atoms with Gasteiger partial charge in [0.15, 0.2) is 11.6 Å². The molecule has 2 aromatic carbocycles. The molecule has 3 aliphatic rings. The van der Waals surface area contributed by atoms with Crippen LogP contribution < -0.4 is 16.2 Å². The third-order valence-electron chi connectivity index (χ3n) is 7.56. The van der Waals surface area contributed by atoms with Crippen LogP contribution in [0.2, 0.25) is 0 Å². The van der Waals surface area contributed by atoms with Crippen molar-refractivity contribution in [1.29, 1.82) is 0 Å². The highest BCUT2D eigenvalue weighted by Gasteiger charge is 2.50. The number of benzene rings is 2. The first-order valence-corrected chi connectivity index (χ1v) is 11.6. The highest BCUT2D eigenvalue weighted by molar-refractivity contribution is 6.22. The Bertz CT molecular complexity index is 1410. The van der Waals surface area contributed by atoms with Crippen molar-refractivity contribution in [2.45, 2.75) is 25.8 Å². The maximum Gasteiger partial charge on any atom is 0.255 e. The number of aliphatic hydroxyl groups is 2. The molecular formula is C27H26N2O7. The standard InChI is InChI=1S/C27H26N2O7/c1-36-19-5-2-11(10-28)6-15(19)14-3-4-17(30)22-16(14)8-12-7-13-9-18(31)23(27(29)35)26(34)21(13)24(32)20(12)25(22)33/h2-6,12-13,21,30-32H,7-10,28H2,1H3,(H2,29,35). The summed E-state index contributed by atoms with van der Waals surface area (Å²) in [6.07, 6.45) is 0.625. The van der Waals surface area contributed by atoms with Gasteiger partial charge in [-0.05, 0) is 59.6 Å². The molecule has 1 amide bonds. The van der Waals surface area contributed by atoms with Crippen molar-refractivity contribution >= 4 is 17.5 Å². The molecule has 0 bridgehead atoms. The fourth-order valence-corrected chi connectivity index (χ4v) is 5.98. The number of carbonyl (C=O) groups excluding carboxylic acids is 3. The molecule has 36 heavy (non-hydrogen) atoms. The topological polar surface area (TPSA) is 173 Å². The van der Waals surface area contributed by atoms with Crippen molar-refractivity contribution in [1.82, 2.24) is 0 Å². The number of aliphatic hydroxyl groups excluding tert-OH is 2. The van der Waals surface area contributed by atoms with E-state index in [1.807, 2.05) is 12.1 Å². The number of primary amides is 1. The molecule has 0 heterocycles. The van der Waals surface area contributed by atoms with Crippen molar-refractivity contribution < 1.29 is 34.4 Å². The molecule has 5 rings (SSSR count). The second kappa shape index (κ2) is 8.53. The van der Waals surface area contributed by atoms with Gasteiger partial charge in [0, 0.05) is 24.1 Å². The van der Waals surface area contributed by atoms with Crippen molar-refractivity contribution in [2.24, 2.45) is 29.2 Å². The predicted octanol–water partition coefficient (Wildman–Crippen LogP) is 2.60. The Morgan fingerprint density at radius 2 is 1.83 bits per heavy atom. The van der Waals surface area contributed by atoms with Crippen molar-refractivity contribution in [3.05, 3.63) is 69.7 Å². The van der Waals surface area contributed by atoms with E-state index in [0.717, 1.165) is 5.56 Å². The third kappa shape index (κ3) is 3.38. The van der Waals surface area contributed by atoms with Crippen LogP contribution in [0.3, 0.4) is 0 Å². The number of amides is 1. The van der Waals surface area contributed by atoms with E-state index in [1.165, 1.54) is 6.07 Å². The minimum Gasteiger partial charge on any atom is -0.511 e. The lowest BCUT2D eigenvalue weighted by atomic mass is 9.62. The molecule has 0 saturated heterocycles. The number of rotatable bonds is 4. The molecule has 7 N–H and O–H groups in total. The van der Waals surface area contributed by atoms with E-state index >= 15 is 0 Å². The largest absolute Gasteiger partial charge is 0.511 e. The van der Waals surface area contributed by atoms with E-state index in [2.05, 4.69) is 0 Å². The summed E-state index contributed by atoms with van der Waals surface area (Å²) in [5, 5.41) is 32.1. The highest BCUT2D eigenvalue weighted by atomic mass is 16.5. The number of nitrogens with two attached hydrogens (primary N) is 2. The van der Waals surface area contributed by atoms with E-state index in [1.54, 1.807) is 19.2 Å². The van der Waals surface area contributed by atoms with Crippen LogP contribution in [-0.2, 0) is 22.6 Å². The van der Waals surface area contributed by atoms with E-state index in [0.29, 0.717) is 41.8 Å². The van der Waals surface area contributed by atoms with Gasteiger partial charge in [-0.15, -0.1) is 0 Å². The number of phenolic OH excluding ortho intramolecular Hbond substituents is 1. The minimum atomic E-state index is -1.15. The van der Waals surface area contributed by atoms with Crippen LogP contribution in [0.1, 0.15) is 34.3 Å². The van der Waals surface area contributed by atoms with Crippen molar-refractivity contribution in [3.8, 4) is 22.6 Å². The van der Waals surface area contributed by atoms with Crippen LogP contribution in [-0.4, -0.2) is 39.9 Å². The molecule has 9 heteroatoms. The molecule has 186 valence electrons. The van der Waals surface area contributed by atoms with E-state index in [-0.39, 0.29) is 23.3 Å². The molecule has 3 unspecified atom stereocenters. The molecule has 3 aliphatic carbocycles. The maximum atomic E-state index is 13.7. The Balaban J connectivity index is 1.67. The normalized spacial score (nSPS) is 23.2. The van der Waals surface area contributed by atoms with Crippen LogP contribution in [0.25, 0.3) is 11.1 Å². The first-order chi connectivity index (χ1) is 17.2. The van der Waals surface area contributed by atoms with E-state index < -0.39 is 52.3 Å². The number of hydrogen-bond acceptors (Lipinski definition) is 8. The summed E-state index contributed by atoms with van der Waals surface area (Å²) in [6.45, 7) is 0.307. The molecule has 3 atom stereocenters. The number of allylic oxidation sites excluding steroid dienone is 3. The number of Topliss-reactive ketones (excluding diaryl/α,β-unsaturated/α-hetero) is 2. The zero-order chi connectivity index (χ0) is 25.9. The summed E-state index contributed by atoms with van der Waals surface area (Å²) in [6, 6.07) is 8.66. The highest BCUT2D eigenvalue weighted by Crippen LogP contribution is 2.51. The number of hydrogen-bond donors (Lipinski definition) is 5. The Hall–Kier alpha value is -4.11. The fraction of sp³-hybridized carbons (Fsp3) is 0.296. The summed E-state index contributed by atoms with van der Waals surface area (Å²) in [5.74, 6) is -5.02. The van der Waals surface area contributed by atoms with Gasteiger partial charge < -0.3 is 31.5 Å². The lowest BCUT2D eigenvalue weighted by Crippen LogP contribution is -2.43. The monoisotopic (exact) mass is 490 g/mol. The lowest BCUT2D eigenvalue weighted by molar-refractivity contribution is -0.126. The summed E-state index contributed by atoms with van der Waals surface area (Å²) in [5.41, 5.74) is 13.6. The van der Waals surface area contributed by atoms with Crippen molar-refractivity contribution in [2.75, 3.05) is 7.11 Å². The number of methoxy groups -OCH3 is 1. The van der Waals surface area contributed by atoms with E-state index in [4.69, 9.17) is 16.2 Å². The van der Waals surface area contributed by atoms with Gasteiger partial charge in [-0.2, -0.15) is 0 Å². The Morgan fingerprint density at radius 1 is 1.08 bits per heavy atom. The zero-order valence-corrected chi connectivity index (χ0v) is 19.6. The summed E-state index contributed by atoms with van der Waals surface area (Å²) in [7, 11) is 1.54. The van der Waals surface area contributed by atoms with Gasteiger partial charge in [-0.25, -0.2) is 0 Å². The second-order valence-corrected chi connectivity index (χ2v) is 9.48. The van der Waals surface area contributed by atoms with Crippen LogP contribution in [0, 0.1) is 17.8 Å². The average Bonchev–Trinajstić information content (AvgIpc) is 2.83. The second-order valence-electron chi connectivity index (χ2n) is 9.48. The molecule has 0 aliphatic heterocycles. The summed E-state index contributed by atoms with van der Waals surface area (Å²) in [4.78, 5) is 38.4. The molecule has 9 nitrogen and oxygen atoms in total. The fourth-order valence-electron chi connectivity index (χ4n) is 5.98. The number of aromatic hydroxyl groups is 1. The molecule has 0 spiro atoms. The number of carbonyl (C=O) groups is 3. The summed E-state index contributed by atoms with van der Waals surface area (Å²) >= 11 is 0. The van der Waals surface area contributed by atoms with Gasteiger partial charge in [0.1, 0.15) is 28.6 Å². The van der Waals surface area contributed by atoms with Crippen LogP contribution >= 0.6 is 0 Å². The van der Waals surface area contributed by atoms with Crippen LogP contribution in [0.15, 0.2) is 53.0 Å². The Labute approximate surface area is 206 Å². The van der Waals surface area contributed by atoms with Crippen LogP contribution in [0.4, 0.5) is 0 Å². The van der Waals surface area contributed by atoms with E-state index in [9.17, 15) is 29.7 Å². The van der Waals surface area contributed by atoms with Gasteiger partial charge >= 0.3 is 0 Å². The van der Waals surface area contributed by atoms with Gasteiger partial charge in [-0.3, -0.25) is 14.4 Å².